The SMILES string of the molecule is CC(C)C(C=c1sc(=C2SC(=S)N(O)C2=O)n(CC(=O)O)c1=O)=C1Oc2cc3c(cc2N1CCCS(=O)(=O)O)OCO3. The predicted molar refractivity (Wildman–Crippen MR) is 156 cm³/mol. The second-order valence-corrected chi connectivity index (χ2v) is 13.7. The normalized spacial score (nSPS) is 19.2. The van der Waals surface area contributed by atoms with E-state index in [2.05, 4.69) is 0 Å². The van der Waals surface area contributed by atoms with E-state index in [-0.39, 0.29) is 55.0 Å². The topological polar surface area (TPSA) is 185 Å². The Hall–Kier alpha value is -3.42. The number of thiocarbonyl (C=S) groups is 1. The average molecular weight is 658 g/mol. The highest BCUT2D eigenvalue weighted by Gasteiger charge is 2.35. The molecule has 0 aliphatic carbocycles. The molecule has 18 heteroatoms. The molecule has 0 atom stereocenters. The van der Waals surface area contributed by atoms with Gasteiger partial charge in [-0.25, -0.2) is 0 Å². The van der Waals surface area contributed by atoms with Crippen molar-refractivity contribution in [1.82, 2.24) is 9.63 Å². The summed E-state index contributed by atoms with van der Waals surface area (Å²) < 4.78 is 50.1. The summed E-state index contributed by atoms with van der Waals surface area (Å²) in [5.41, 5.74) is 0.363. The maximum atomic E-state index is 13.5. The Morgan fingerprint density at radius 1 is 1.19 bits per heavy atom. The third-order valence-corrected chi connectivity index (χ3v) is 9.69. The van der Waals surface area contributed by atoms with Crippen LogP contribution in [0.15, 0.2) is 28.4 Å². The standard InChI is InChI=1S/C24H23N3O11S4/c1-11(2)12(6-17-20(30)26(9-18(28)29)23(40-17)19-21(31)27(32)24(39)41-19)22-25(4-3-5-42(33,34)35)13-7-15-16(37-10-36-15)8-14(13)38-22/h6-8,11,32H,3-5,9-10H2,1-2H3,(H,28,29)(H,33,34,35). The zero-order chi connectivity index (χ0) is 30.5. The van der Waals surface area contributed by atoms with Crippen LogP contribution in [-0.2, 0) is 26.3 Å². The van der Waals surface area contributed by atoms with E-state index in [0.29, 0.717) is 28.5 Å². The summed E-state index contributed by atoms with van der Waals surface area (Å²) in [4.78, 5) is 39.3. The van der Waals surface area contributed by atoms with Gasteiger partial charge in [0.2, 0.25) is 12.7 Å². The van der Waals surface area contributed by atoms with Crippen LogP contribution in [0.25, 0.3) is 11.0 Å². The first-order valence-electron chi connectivity index (χ1n) is 12.3. The van der Waals surface area contributed by atoms with E-state index in [1.54, 1.807) is 17.0 Å². The Morgan fingerprint density at radius 3 is 2.48 bits per heavy atom. The Balaban J connectivity index is 1.69. The monoisotopic (exact) mass is 657 g/mol. The summed E-state index contributed by atoms with van der Waals surface area (Å²) in [5, 5.41) is 19.6. The molecular weight excluding hydrogens is 635 g/mol. The summed E-state index contributed by atoms with van der Waals surface area (Å²) in [6, 6.07) is 3.31. The number of carbonyl (C=O) groups is 2. The van der Waals surface area contributed by atoms with Gasteiger partial charge in [0.25, 0.3) is 21.6 Å². The van der Waals surface area contributed by atoms with Crippen molar-refractivity contribution in [2.75, 3.05) is 24.0 Å². The number of hydrogen-bond acceptors (Lipinski definition) is 13. The number of fused-ring (bicyclic) bond motifs is 2. The summed E-state index contributed by atoms with van der Waals surface area (Å²) in [6.07, 6.45) is 1.56. The number of carboxylic acids is 1. The van der Waals surface area contributed by atoms with Crippen molar-refractivity contribution >= 4 is 78.3 Å². The highest BCUT2D eigenvalue weighted by Crippen LogP contribution is 2.48. The molecule has 14 nitrogen and oxygen atoms in total. The number of thiazole rings is 1. The fourth-order valence-corrected chi connectivity index (χ4v) is 7.21. The molecular formula is C24H23N3O11S4. The number of nitrogens with zero attached hydrogens (tertiary/aromatic N) is 3. The molecule has 1 aromatic heterocycles. The number of hydroxylamine groups is 2. The number of aliphatic carboxylic acids is 1. The Labute approximate surface area is 251 Å². The van der Waals surface area contributed by atoms with Gasteiger partial charge in [-0.15, -0.1) is 11.3 Å². The lowest BCUT2D eigenvalue weighted by molar-refractivity contribution is -0.140. The molecule has 42 heavy (non-hydrogen) atoms. The number of anilines is 1. The first kappa shape index (κ1) is 30.1. The molecule has 0 saturated carbocycles. The van der Waals surface area contributed by atoms with Crippen molar-refractivity contribution in [3.8, 4) is 17.2 Å². The molecule has 1 amide bonds. The van der Waals surface area contributed by atoms with Crippen molar-refractivity contribution in [3.05, 3.63) is 43.1 Å². The van der Waals surface area contributed by atoms with E-state index >= 15 is 0 Å². The number of allylic oxidation sites excluding steroid dienone is 1. The smallest absolute Gasteiger partial charge is 0.323 e. The van der Waals surface area contributed by atoms with Gasteiger partial charge in [0, 0.05) is 24.3 Å². The molecule has 3 aliphatic heterocycles. The van der Waals surface area contributed by atoms with Gasteiger partial charge in [-0.2, -0.15) is 13.5 Å². The molecule has 5 rings (SSSR count). The van der Waals surface area contributed by atoms with Gasteiger partial charge in [0.1, 0.15) is 16.1 Å². The van der Waals surface area contributed by atoms with Crippen molar-refractivity contribution in [2.45, 2.75) is 26.8 Å². The summed E-state index contributed by atoms with van der Waals surface area (Å²) in [6.45, 7) is 3.07. The third-order valence-electron chi connectivity index (χ3n) is 6.28. The van der Waals surface area contributed by atoms with E-state index in [1.165, 1.54) is 6.08 Å². The summed E-state index contributed by atoms with van der Waals surface area (Å²) >= 11 is 6.57. The van der Waals surface area contributed by atoms with Crippen LogP contribution < -0.4 is 33.9 Å². The van der Waals surface area contributed by atoms with Crippen molar-refractivity contribution < 1.29 is 47.1 Å². The van der Waals surface area contributed by atoms with Crippen LogP contribution >= 0.6 is 35.3 Å². The number of ether oxygens (including phenoxy) is 3. The molecule has 0 bridgehead atoms. The number of carboxylic acid groups (broad SMARTS) is 1. The highest BCUT2D eigenvalue weighted by molar-refractivity contribution is 8.30. The van der Waals surface area contributed by atoms with Gasteiger partial charge >= 0.3 is 5.97 Å². The van der Waals surface area contributed by atoms with Crippen LogP contribution in [0.5, 0.6) is 17.2 Å². The second kappa shape index (κ2) is 11.3. The van der Waals surface area contributed by atoms with Gasteiger partial charge in [0.15, 0.2) is 21.6 Å². The predicted octanol–water partition coefficient (Wildman–Crippen LogP) is 0.906. The van der Waals surface area contributed by atoms with Crippen LogP contribution in [0.1, 0.15) is 20.3 Å². The molecule has 1 saturated heterocycles. The number of aromatic nitrogens is 1. The minimum atomic E-state index is -4.23. The molecule has 2 aromatic rings. The average Bonchev–Trinajstić information content (AvgIpc) is 3.63. The minimum Gasteiger partial charge on any atom is -0.480 e. The summed E-state index contributed by atoms with van der Waals surface area (Å²) in [5.74, 6) is -1.39. The van der Waals surface area contributed by atoms with E-state index in [4.69, 9.17) is 26.4 Å². The fourth-order valence-electron chi connectivity index (χ4n) is 4.39. The van der Waals surface area contributed by atoms with E-state index < -0.39 is 39.9 Å². The molecule has 0 spiro atoms. The summed E-state index contributed by atoms with van der Waals surface area (Å²) in [7, 11) is -4.23. The largest absolute Gasteiger partial charge is 0.480 e. The van der Waals surface area contributed by atoms with Crippen molar-refractivity contribution in [1.29, 1.82) is 0 Å². The van der Waals surface area contributed by atoms with Crippen LogP contribution in [0.4, 0.5) is 5.69 Å². The number of benzene rings is 1. The van der Waals surface area contributed by atoms with Gasteiger partial charge in [-0.3, -0.25) is 28.7 Å². The minimum absolute atomic E-state index is 0.0158. The maximum absolute atomic E-state index is 13.5. The highest BCUT2D eigenvalue weighted by atomic mass is 32.2. The van der Waals surface area contributed by atoms with Gasteiger partial charge in [-0.1, -0.05) is 13.8 Å². The Bertz CT molecular complexity index is 1840. The number of carbonyl (C=O) groups excluding carboxylic acids is 1. The number of thioether (sulfide) groups is 1. The molecule has 0 unspecified atom stereocenters. The van der Waals surface area contributed by atoms with Crippen molar-refractivity contribution in [2.24, 2.45) is 5.92 Å². The molecule has 3 N–H and O–H groups in total. The van der Waals surface area contributed by atoms with Gasteiger partial charge < -0.3 is 24.2 Å². The first-order chi connectivity index (χ1) is 19.7. The molecule has 4 heterocycles. The Kier molecular flexibility index (Phi) is 8.12. The quantitative estimate of drug-likeness (QED) is 0.207. The van der Waals surface area contributed by atoms with Gasteiger partial charge in [-0.05, 0) is 42.4 Å². The molecule has 3 aliphatic rings. The zero-order valence-electron chi connectivity index (χ0n) is 21.9. The molecule has 1 aromatic carbocycles. The fraction of sp³-hybridized carbons (Fsp3) is 0.333. The molecule has 224 valence electrons. The number of amides is 1. The zero-order valence-corrected chi connectivity index (χ0v) is 25.2. The van der Waals surface area contributed by atoms with E-state index in [9.17, 15) is 37.7 Å². The van der Waals surface area contributed by atoms with E-state index in [0.717, 1.165) is 27.7 Å². The van der Waals surface area contributed by atoms with E-state index in [1.807, 2.05) is 13.8 Å². The lowest BCUT2D eigenvalue weighted by Gasteiger charge is -2.21. The van der Waals surface area contributed by atoms with Crippen molar-refractivity contribution in [3.63, 3.8) is 0 Å². The molecule has 1 fully saturated rings. The first-order valence-corrected chi connectivity index (χ1v) is 15.9. The van der Waals surface area contributed by atoms with Crippen LogP contribution in [-0.4, -0.2) is 68.2 Å². The lowest BCUT2D eigenvalue weighted by Crippen LogP contribution is -2.35. The third kappa shape index (κ3) is 5.77. The second-order valence-electron chi connectivity index (χ2n) is 9.50. The number of rotatable bonds is 8. The lowest BCUT2D eigenvalue weighted by atomic mass is 10.0. The number of hydrogen-bond donors (Lipinski definition) is 3. The van der Waals surface area contributed by atoms with Gasteiger partial charge in [0.05, 0.1) is 16.0 Å². The van der Waals surface area contributed by atoms with Crippen LogP contribution in [0.3, 0.4) is 0 Å². The Morgan fingerprint density at radius 2 is 1.88 bits per heavy atom. The van der Waals surface area contributed by atoms with Crippen LogP contribution in [0.2, 0.25) is 0 Å². The molecule has 0 radical (unpaired) electrons. The van der Waals surface area contributed by atoms with Crippen LogP contribution in [0, 0.1) is 5.92 Å². The maximum Gasteiger partial charge on any atom is 0.323 e.